The van der Waals surface area contributed by atoms with Crippen molar-refractivity contribution in [1.29, 1.82) is 0 Å². The van der Waals surface area contributed by atoms with Crippen molar-refractivity contribution in [3.05, 3.63) is 0 Å². The van der Waals surface area contributed by atoms with Gasteiger partial charge in [-0.25, -0.2) is 0 Å². The van der Waals surface area contributed by atoms with E-state index in [1.807, 2.05) is 0 Å². The fraction of sp³-hybridized carbons (Fsp3) is 0.750. The summed E-state index contributed by atoms with van der Waals surface area (Å²) >= 11 is 0. The van der Waals surface area contributed by atoms with Crippen LogP contribution in [0, 0.1) is 0 Å². The van der Waals surface area contributed by atoms with E-state index in [0.29, 0.717) is 19.4 Å². The van der Waals surface area contributed by atoms with Crippen LogP contribution in [0.15, 0.2) is 0 Å². The maximum Gasteiger partial charge on any atom is 0.307 e. The van der Waals surface area contributed by atoms with Crippen molar-refractivity contribution in [2.75, 3.05) is 20.2 Å². The molecular weight excluding hydrogens is 158 g/mol. The molecule has 1 rings (SSSR count). The first kappa shape index (κ1) is 9.03. The number of esters is 1. The van der Waals surface area contributed by atoms with Crippen molar-refractivity contribution in [2.24, 2.45) is 0 Å². The van der Waals surface area contributed by atoms with Crippen LogP contribution in [-0.4, -0.2) is 37.0 Å². The van der Waals surface area contributed by atoms with Crippen LogP contribution in [0.3, 0.4) is 0 Å². The number of likely N-dealkylation sites (tertiary alicyclic amines) is 1. The van der Waals surface area contributed by atoms with E-state index in [-0.39, 0.29) is 11.9 Å². The molecule has 0 saturated carbocycles. The van der Waals surface area contributed by atoms with Gasteiger partial charge in [0.15, 0.2) is 0 Å². The van der Waals surface area contributed by atoms with Gasteiger partial charge in [0.2, 0.25) is 5.91 Å². The van der Waals surface area contributed by atoms with Gasteiger partial charge >= 0.3 is 5.97 Å². The topological polar surface area (TPSA) is 46.6 Å². The third-order valence-electron chi connectivity index (χ3n) is 1.98. The molecule has 0 unspecified atom stereocenters. The van der Waals surface area contributed by atoms with E-state index in [2.05, 4.69) is 4.74 Å². The Morgan fingerprint density at radius 3 is 2.92 bits per heavy atom. The number of methoxy groups -OCH3 is 1. The van der Waals surface area contributed by atoms with E-state index in [0.717, 1.165) is 13.0 Å². The van der Waals surface area contributed by atoms with Crippen LogP contribution >= 0.6 is 0 Å². The number of hydrogen-bond donors (Lipinski definition) is 0. The second-order valence-corrected chi connectivity index (χ2v) is 2.81. The van der Waals surface area contributed by atoms with Crippen LogP contribution < -0.4 is 0 Å². The van der Waals surface area contributed by atoms with Crippen molar-refractivity contribution in [1.82, 2.24) is 4.90 Å². The summed E-state index contributed by atoms with van der Waals surface area (Å²) in [6.45, 7) is 1.29. The molecule has 1 aliphatic heterocycles. The van der Waals surface area contributed by atoms with Crippen molar-refractivity contribution >= 4 is 11.9 Å². The molecule has 1 heterocycles. The van der Waals surface area contributed by atoms with Gasteiger partial charge in [-0.2, -0.15) is 0 Å². The van der Waals surface area contributed by atoms with Gasteiger partial charge in [0.05, 0.1) is 13.5 Å². The van der Waals surface area contributed by atoms with Crippen LogP contribution in [0.2, 0.25) is 0 Å². The van der Waals surface area contributed by atoms with Crippen LogP contribution in [-0.2, 0) is 14.3 Å². The smallest absolute Gasteiger partial charge is 0.307 e. The van der Waals surface area contributed by atoms with Gasteiger partial charge in [0, 0.05) is 19.5 Å². The molecule has 0 spiro atoms. The normalized spacial score (nSPS) is 16.8. The monoisotopic (exact) mass is 171 g/mol. The molecule has 0 atom stereocenters. The summed E-state index contributed by atoms with van der Waals surface area (Å²) in [6.07, 6.45) is 1.85. The average molecular weight is 171 g/mol. The van der Waals surface area contributed by atoms with Gasteiger partial charge in [0.25, 0.3) is 0 Å². The fourth-order valence-corrected chi connectivity index (χ4v) is 1.27. The van der Waals surface area contributed by atoms with Gasteiger partial charge in [0.1, 0.15) is 0 Å². The Morgan fingerprint density at radius 1 is 1.67 bits per heavy atom. The molecule has 1 saturated heterocycles. The highest BCUT2D eigenvalue weighted by molar-refractivity contribution is 5.78. The summed E-state index contributed by atoms with van der Waals surface area (Å²) in [5, 5.41) is 0. The van der Waals surface area contributed by atoms with E-state index in [9.17, 15) is 9.59 Å². The van der Waals surface area contributed by atoms with Crippen LogP contribution in [0.1, 0.15) is 19.3 Å². The lowest BCUT2D eigenvalue weighted by Crippen LogP contribution is -2.27. The molecule has 0 aromatic heterocycles. The Hall–Kier alpha value is -1.06. The molecule has 68 valence electrons. The predicted octanol–water partition coefficient (Wildman–Crippen LogP) is 0.172. The molecule has 1 aliphatic rings. The highest BCUT2D eigenvalue weighted by atomic mass is 16.5. The molecule has 12 heavy (non-hydrogen) atoms. The molecule has 0 radical (unpaired) electrons. The summed E-state index contributed by atoms with van der Waals surface area (Å²) in [5.74, 6) is -0.103. The maximum absolute atomic E-state index is 11.0. The third-order valence-corrected chi connectivity index (χ3v) is 1.98. The molecule has 0 aromatic carbocycles. The minimum absolute atomic E-state index is 0.152. The summed E-state index contributed by atoms with van der Waals surface area (Å²) in [5.41, 5.74) is 0. The number of carbonyl (C=O) groups excluding carboxylic acids is 2. The lowest BCUT2D eigenvalue weighted by atomic mass is 10.4. The van der Waals surface area contributed by atoms with Gasteiger partial charge < -0.3 is 9.64 Å². The first-order chi connectivity index (χ1) is 5.74. The van der Waals surface area contributed by atoms with Gasteiger partial charge in [-0.05, 0) is 6.42 Å². The fourth-order valence-electron chi connectivity index (χ4n) is 1.27. The predicted molar refractivity (Wildman–Crippen MR) is 42.4 cm³/mol. The number of rotatable bonds is 3. The Bertz CT molecular complexity index is 191. The van der Waals surface area contributed by atoms with Gasteiger partial charge in [-0.3, -0.25) is 9.59 Å². The molecule has 0 aromatic rings. The molecular formula is C8H13NO3. The minimum Gasteiger partial charge on any atom is -0.469 e. The Morgan fingerprint density at radius 2 is 2.42 bits per heavy atom. The van der Waals surface area contributed by atoms with Crippen molar-refractivity contribution < 1.29 is 14.3 Å². The van der Waals surface area contributed by atoms with Crippen molar-refractivity contribution in [2.45, 2.75) is 19.3 Å². The molecule has 0 aliphatic carbocycles. The van der Waals surface area contributed by atoms with E-state index in [1.54, 1.807) is 4.90 Å². The summed E-state index contributed by atoms with van der Waals surface area (Å²) in [4.78, 5) is 23.5. The van der Waals surface area contributed by atoms with Gasteiger partial charge in [-0.1, -0.05) is 0 Å². The lowest BCUT2D eigenvalue weighted by molar-refractivity contribution is -0.141. The van der Waals surface area contributed by atoms with Crippen molar-refractivity contribution in [3.63, 3.8) is 0 Å². The number of carbonyl (C=O) groups is 2. The maximum atomic E-state index is 11.0. The van der Waals surface area contributed by atoms with E-state index >= 15 is 0 Å². The molecule has 0 bridgehead atoms. The number of ether oxygens (including phenoxy) is 1. The first-order valence-electron chi connectivity index (χ1n) is 4.08. The molecule has 4 nitrogen and oxygen atoms in total. The van der Waals surface area contributed by atoms with Crippen LogP contribution in [0.25, 0.3) is 0 Å². The first-order valence-corrected chi connectivity index (χ1v) is 4.08. The zero-order valence-electron chi connectivity index (χ0n) is 7.21. The molecule has 4 heteroatoms. The van der Waals surface area contributed by atoms with E-state index < -0.39 is 0 Å². The second kappa shape index (κ2) is 4.09. The second-order valence-electron chi connectivity index (χ2n) is 2.81. The Balaban J connectivity index is 2.22. The molecule has 1 fully saturated rings. The Kier molecular flexibility index (Phi) is 3.08. The standard InChI is InChI=1S/C8H13NO3/c1-12-8(11)4-6-9-5-2-3-7(9)10/h2-6H2,1H3. The van der Waals surface area contributed by atoms with E-state index in [4.69, 9.17) is 0 Å². The lowest BCUT2D eigenvalue weighted by Gasteiger charge is -2.13. The number of hydrogen-bond acceptors (Lipinski definition) is 3. The summed E-state index contributed by atoms with van der Waals surface area (Å²) < 4.78 is 4.47. The average Bonchev–Trinajstić information content (AvgIpc) is 2.47. The highest BCUT2D eigenvalue weighted by Gasteiger charge is 2.20. The number of amides is 1. The SMILES string of the molecule is COC(=O)CCN1CCCC1=O. The van der Waals surface area contributed by atoms with Crippen molar-refractivity contribution in [3.8, 4) is 0 Å². The quantitative estimate of drug-likeness (QED) is 0.569. The third kappa shape index (κ3) is 2.22. The van der Waals surface area contributed by atoms with Crippen LogP contribution in [0.4, 0.5) is 0 Å². The zero-order valence-corrected chi connectivity index (χ0v) is 7.21. The zero-order chi connectivity index (χ0) is 8.97. The summed E-state index contributed by atoms with van der Waals surface area (Å²) in [6, 6.07) is 0. The van der Waals surface area contributed by atoms with Gasteiger partial charge in [-0.15, -0.1) is 0 Å². The van der Waals surface area contributed by atoms with Crippen LogP contribution in [0.5, 0.6) is 0 Å². The Labute approximate surface area is 71.5 Å². The molecule has 1 amide bonds. The highest BCUT2D eigenvalue weighted by Crippen LogP contribution is 2.09. The summed E-state index contributed by atoms with van der Waals surface area (Å²) in [7, 11) is 1.36. The molecule has 0 N–H and O–H groups in total. The number of nitrogens with zero attached hydrogens (tertiary/aromatic N) is 1. The minimum atomic E-state index is -0.255. The van der Waals surface area contributed by atoms with E-state index in [1.165, 1.54) is 7.11 Å². The largest absolute Gasteiger partial charge is 0.469 e.